The van der Waals surface area contributed by atoms with Crippen molar-refractivity contribution in [2.45, 2.75) is 43.7 Å². The van der Waals surface area contributed by atoms with Crippen LogP contribution in [0.25, 0.3) is 11.0 Å². The van der Waals surface area contributed by atoms with E-state index in [0.717, 1.165) is 0 Å². The van der Waals surface area contributed by atoms with E-state index in [1.165, 1.54) is 0 Å². The van der Waals surface area contributed by atoms with Gasteiger partial charge < -0.3 is 5.11 Å². The molecule has 1 heterocycles. The standard InChI is InChI=1S/C18H17N3O2/c1-2-10-21-15-7-4-3-6-14(15)20-16(17(21)23)18(8-5-9-19)11-13(22)12-18/h1,3-4,6-7,13,22H,5,8,10-12H2. The topological polar surface area (TPSA) is 78.9 Å². The number of aliphatic hydroxyl groups is 1. The largest absolute Gasteiger partial charge is 0.393 e. The second-order valence-corrected chi connectivity index (χ2v) is 6.05. The summed E-state index contributed by atoms with van der Waals surface area (Å²) >= 11 is 0. The Kier molecular flexibility index (Phi) is 3.90. The first-order chi connectivity index (χ1) is 11.1. The van der Waals surface area contributed by atoms with Gasteiger partial charge in [-0.2, -0.15) is 5.26 Å². The van der Waals surface area contributed by atoms with E-state index >= 15 is 0 Å². The van der Waals surface area contributed by atoms with Crippen molar-refractivity contribution in [3.8, 4) is 18.4 Å². The molecule has 0 radical (unpaired) electrons. The molecule has 0 aliphatic heterocycles. The third kappa shape index (κ3) is 2.50. The molecular formula is C18H17N3O2. The number of nitrogens with zero attached hydrogens (tertiary/aromatic N) is 3. The Labute approximate surface area is 134 Å². The predicted octanol–water partition coefficient (Wildman–Crippen LogP) is 1.73. The Balaban J connectivity index is 2.21. The third-order valence-corrected chi connectivity index (χ3v) is 4.57. The van der Waals surface area contributed by atoms with Crippen molar-refractivity contribution in [3.63, 3.8) is 0 Å². The van der Waals surface area contributed by atoms with E-state index in [1.54, 1.807) is 4.57 Å². The molecule has 0 spiro atoms. The van der Waals surface area contributed by atoms with E-state index in [1.807, 2.05) is 24.3 Å². The van der Waals surface area contributed by atoms with Gasteiger partial charge in [0.15, 0.2) is 0 Å². The van der Waals surface area contributed by atoms with Crippen LogP contribution in [0.3, 0.4) is 0 Å². The molecule has 116 valence electrons. The van der Waals surface area contributed by atoms with Crippen LogP contribution in [0.5, 0.6) is 0 Å². The van der Waals surface area contributed by atoms with Crippen molar-refractivity contribution < 1.29 is 5.11 Å². The molecule has 2 aromatic rings. The number of rotatable bonds is 4. The fraction of sp³-hybridized carbons (Fsp3) is 0.389. The Morgan fingerprint density at radius 2 is 2.17 bits per heavy atom. The average molecular weight is 307 g/mol. The first-order valence-corrected chi connectivity index (χ1v) is 7.60. The highest BCUT2D eigenvalue weighted by Gasteiger charge is 2.47. The van der Waals surface area contributed by atoms with Gasteiger partial charge in [0.2, 0.25) is 0 Å². The highest BCUT2D eigenvalue weighted by molar-refractivity contribution is 5.75. The number of hydrogen-bond acceptors (Lipinski definition) is 4. The lowest BCUT2D eigenvalue weighted by Gasteiger charge is -2.44. The van der Waals surface area contributed by atoms with Gasteiger partial charge in [0.05, 0.1) is 29.8 Å². The minimum atomic E-state index is -0.521. The summed E-state index contributed by atoms with van der Waals surface area (Å²) in [5.41, 5.74) is 1.09. The van der Waals surface area contributed by atoms with Crippen molar-refractivity contribution in [1.29, 1.82) is 5.26 Å². The van der Waals surface area contributed by atoms with E-state index in [-0.39, 0.29) is 12.1 Å². The van der Waals surface area contributed by atoms with Crippen LogP contribution in [-0.2, 0) is 12.0 Å². The molecule has 0 amide bonds. The molecule has 1 aliphatic carbocycles. The van der Waals surface area contributed by atoms with Crippen molar-refractivity contribution >= 4 is 11.0 Å². The van der Waals surface area contributed by atoms with Crippen molar-refractivity contribution in [2.75, 3.05) is 0 Å². The van der Waals surface area contributed by atoms with E-state index in [2.05, 4.69) is 17.0 Å². The first-order valence-electron chi connectivity index (χ1n) is 7.60. The van der Waals surface area contributed by atoms with Crippen LogP contribution in [0.2, 0.25) is 0 Å². The molecule has 5 heteroatoms. The Hall–Kier alpha value is -2.63. The highest BCUT2D eigenvalue weighted by atomic mass is 16.3. The number of benzene rings is 1. The minimum absolute atomic E-state index is 0.172. The van der Waals surface area contributed by atoms with Gasteiger partial charge >= 0.3 is 0 Å². The molecule has 23 heavy (non-hydrogen) atoms. The molecule has 3 rings (SSSR count). The average Bonchev–Trinajstić information content (AvgIpc) is 2.53. The van der Waals surface area contributed by atoms with Crippen molar-refractivity contribution in [2.24, 2.45) is 0 Å². The smallest absolute Gasteiger partial charge is 0.274 e. The summed E-state index contributed by atoms with van der Waals surface area (Å²) in [6.45, 7) is 0.172. The number of terminal acetylenes is 1. The zero-order valence-electron chi connectivity index (χ0n) is 12.7. The molecule has 1 saturated carbocycles. The lowest BCUT2D eigenvalue weighted by molar-refractivity contribution is 0.0109. The van der Waals surface area contributed by atoms with E-state index in [0.29, 0.717) is 42.4 Å². The quantitative estimate of drug-likeness (QED) is 0.872. The van der Waals surface area contributed by atoms with Gasteiger partial charge in [-0.1, -0.05) is 18.1 Å². The maximum Gasteiger partial charge on any atom is 0.274 e. The first kappa shape index (κ1) is 15.3. The summed E-state index contributed by atoms with van der Waals surface area (Å²) in [7, 11) is 0. The fourth-order valence-corrected chi connectivity index (χ4v) is 3.44. The molecule has 0 atom stereocenters. The summed E-state index contributed by atoms with van der Waals surface area (Å²) in [5.74, 6) is 2.52. The number of para-hydroxylation sites is 2. The van der Waals surface area contributed by atoms with Crippen molar-refractivity contribution in [1.82, 2.24) is 9.55 Å². The SMILES string of the molecule is C#CCn1c(=O)c(C2(CCC#N)CC(O)C2)nc2ccccc21. The summed E-state index contributed by atoms with van der Waals surface area (Å²) in [6, 6.07) is 9.49. The van der Waals surface area contributed by atoms with Crippen LogP contribution < -0.4 is 5.56 Å². The van der Waals surface area contributed by atoms with Gasteiger partial charge in [0, 0.05) is 11.8 Å². The summed E-state index contributed by atoms with van der Waals surface area (Å²) in [4.78, 5) is 17.5. The van der Waals surface area contributed by atoms with Gasteiger partial charge in [-0.05, 0) is 31.4 Å². The number of aliphatic hydroxyl groups excluding tert-OH is 1. The van der Waals surface area contributed by atoms with Gasteiger partial charge in [0.25, 0.3) is 5.56 Å². The second-order valence-electron chi connectivity index (χ2n) is 6.05. The summed E-state index contributed by atoms with van der Waals surface area (Å²) in [5, 5.41) is 18.7. The molecular weight excluding hydrogens is 290 g/mol. The van der Waals surface area contributed by atoms with E-state index < -0.39 is 11.5 Å². The highest BCUT2D eigenvalue weighted by Crippen LogP contribution is 2.45. The second kappa shape index (κ2) is 5.87. The van der Waals surface area contributed by atoms with E-state index in [9.17, 15) is 9.90 Å². The van der Waals surface area contributed by atoms with Crippen LogP contribution in [0.4, 0.5) is 0 Å². The van der Waals surface area contributed by atoms with Gasteiger partial charge in [0.1, 0.15) is 5.69 Å². The Morgan fingerprint density at radius 1 is 1.43 bits per heavy atom. The normalized spacial score (nSPS) is 23.0. The molecule has 1 aliphatic rings. The molecule has 5 nitrogen and oxygen atoms in total. The van der Waals surface area contributed by atoms with Crippen LogP contribution >= 0.6 is 0 Å². The van der Waals surface area contributed by atoms with Crippen LogP contribution in [0.1, 0.15) is 31.4 Å². The number of fused-ring (bicyclic) bond motifs is 1. The van der Waals surface area contributed by atoms with Crippen molar-refractivity contribution in [3.05, 3.63) is 40.3 Å². The molecule has 1 aromatic carbocycles. The van der Waals surface area contributed by atoms with Crippen LogP contribution in [-0.4, -0.2) is 20.8 Å². The van der Waals surface area contributed by atoms with E-state index in [4.69, 9.17) is 11.7 Å². The summed E-state index contributed by atoms with van der Waals surface area (Å²) < 4.78 is 1.55. The third-order valence-electron chi connectivity index (χ3n) is 4.57. The van der Waals surface area contributed by atoms with Gasteiger partial charge in [-0.25, -0.2) is 4.98 Å². The molecule has 1 aromatic heterocycles. The zero-order chi connectivity index (χ0) is 16.4. The maximum atomic E-state index is 12.9. The molecule has 0 unspecified atom stereocenters. The Bertz CT molecular complexity index is 880. The molecule has 0 bridgehead atoms. The monoisotopic (exact) mass is 307 g/mol. The summed E-state index contributed by atoms with van der Waals surface area (Å²) in [6.07, 6.45) is 6.75. The number of nitriles is 1. The Morgan fingerprint density at radius 3 is 2.83 bits per heavy atom. The number of hydrogen-bond donors (Lipinski definition) is 1. The minimum Gasteiger partial charge on any atom is -0.393 e. The van der Waals surface area contributed by atoms with Crippen LogP contribution in [0, 0.1) is 23.7 Å². The lowest BCUT2D eigenvalue weighted by atomic mass is 9.62. The molecule has 1 fully saturated rings. The number of aromatic nitrogens is 2. The predicted molar refractivity (Wildman–Crippen MR) is 86.6 cm³/mol. The zero-order valence-corrected chi connectivity index (χ0v) is 12.7. The molecule has 0 saturated heterocycles. The van der Waals surface area contributed by atoms with Crippen LogP contribution in [0.15, 0.2) is 29.1 Å². The fourth-order valence-electron chi connectivity index (χ4n) is 3.44. The van der Waals surface area contributed by atoms with Gasteiger partial charge in [-0.3, -0.25) is 9.36 Å². The van der Waals surface area contributed by atoms with Gasteiger partial charge in [-0.15, -0.1) is 6.42 Å². The lowest BCUT2D eigenvalue weighted by Crippen LogP contribution is -2.49. The molecule has 1 N–H and O–H groups in total. The maximum absolute atomic E-state index is 12.9.